The first kappa shape index (κ1) is 17.3. The van der Waals surface area contributed by atoms with Gasteiger partial charge in [-0.3, -0.25) is 9.69 Å². The molecule has 1 aromatic carbocycles. The van der Waals surface area contributed by atoms with Crippen LogP contribution in [0.2, 0.25) is 0 Å². The predicted molar refractivity (Wildman–Crippen MR) is 98.9 cm³/mol. The highest BCUT2D eigenvalue weighted by atomic mass is 32.1. The molecule has 4 rings (SSSR count). The van der Waals surface area contributed by atoms with Crippen LogP contribution in [0.15, 0.2) is 35.7 Å². The Kier molecular flexibility index (Phi) is 5.10. The van der Waals surface area contributed by atoms with Crippen molar-refractivity contribution < 1.29 is 19.0 Å². The molecular weight excluding hydrogens is 352 g/mol. The number of amides is 1. The van der Waals surface area contributed by atoms with E-state index in [2.05, 4.69) is 34.7 Å². The summed E-state index contributed by atoms with van der Waals surface area (Å²) in [7, 11) is 0. The first-order valence-corrected chi connectivity index (χ1v) is 9.66. The number of hydrogen-bond acceptors (Lipinski definition) is 6. The average Bonchev–Trinajstić information content (AvgIpc) is 3.34. The zero-order valence-electron chi connectivity index (χ0n) is 14.6. The number of nitrogens with one attached hydrogen (secondary N) is 1. The second-order valence-electron chi connectivity index (χ2n) is 6.44. The van der Waals surface area contributed by atoms with Gasteiger partial charge in [-0.25, -0.2) is 0 Å². The summed E-state index contributed by atoms with van der Waals surface area (Å²) in [6.07, 6.45) is 0. The first-order chi connectivity index (χ1) is 12.7. The number of morpholine rings is 1. The molecule has 6 nitrogen and oxygen atoms in total. The third-order valence-electron chi connectivity index (χ3n) is 4.74. The van der Waals surface area contributed by atoms with Crippen molar-refractivity contribution in [3.05, 3.63) is 46.2 Å². The molecule has 7 heteroatoms. The Bertz CT molecular complexity index is 759. The molecule has 2 aromatic rings. The van der Waals surface area contributed by atoms with Crippen molar-refractivity contribution in [2.75, 3.05) is 33.1 Å². The molecule has 2 aliphatic rings. The Labute approximate surface area is 156 Å². The molecule has 0 unspecified atom stereocenters. The van der Waals surface area contributed by atoms with Crippen LogP contribution >= 0.6 is 11.3 Å². The van der Waals surface area contributed by atoms with Gasteiger partial charge >= 0.3 is 0 Å². The summed E-state index contributed by atoms with van der Waals surface area (Å²) in [6, 6.07) is 9.57. The number of hydrogen-bond donors (Lipinski definition) is 1. The van der Waals surface area contributed by atoms with Crippen molar-refractivity contribution in [1.82, 2.24) is 10.2 Å². The van der Waals surface area contributed by atoms with Crippen molar-refractivity contribution in [2.24, 2.45) is 0 Å². The van der Waals surface area contributed by atoms with Gasteiger partial charge in [-0.1, -0.05) is 6.07 Å². The minimum atomic E-state index is -0.106. The first-order valence-electron chi connectivity index (χ1n) is 8.78. The third-order valence-corrected chi connectivity index (χ3v) is 5.68. The van der Waals surface area contributed by atoms with E-state index >= 15 is 0 Å². The van der Waals surface area contributed by atoms with E-state index in [1.165, 1.54) is 4.88 Å². The van der Waals surface area contributed by atoms with Crippen molar-refractivity contribution in [1.29, 1.82) is 0 Å². The van der Waals surface area contributed by atoms with Crippen molar-refractivity contribution in [2.45, 2.75) is 19.0 Å². The smallest absolute Gasteiger partial charge is 0.251 e. The summed E-state index contributed by atoms with van der Waals surface area (Å²) in [5.41, 5.74) is 0.577. The number of thiophene rings is 1. The van der Waals surface area contributed by atoms with Gasteiger partial charge in [-0.15, -0.1) is 11.3 Å². The summed E-state index contributed by atoms with van der Waals surface area (Å²) < 4.78 is 16.2. The zero-order chi connectivity index (χ0) is 17.9. The van der Waals surface area contributed by atoms with Crippen molar-refractivity contribution in [3.63, 3.8) is 0 Å². The number of carbonyl (C=O) groups is 1. The number of nitrogens with zero attached hydrogens (tertiary/aromatic N) is 1. The van der Waals surface area contributed by atoms with Gasteiger partial charge in [-0.2, -0.15) is 0 Å². The Morgan fingerprint density at radius 2 is 2.00 bits per heavy atom. The molecule has 1 fully saturated rings. The highest BCUT2D eigenvalue weighted by Gasteiger charge is 2.30. The van der Waals surface area contributed by atoms with Gasteiger partial charge in [0.25, 0.3) is 5.91 Å². The lowest BCUT2D eigenvalue weighted by Crippen LogP contribution is -2.48. The van der Waals surface area contributed by atoms with E-state index in [0.717, 1.165) is 26.3 Å². The van der Waals surface area contributed by atoms with Crippen LogP contribution < -0.4 is 14.8 Å². The molecular formula is C19H22N2O4S. The average molecular weight is 374 g/mol. The second kappa shape index (κ2) is 7.65. The van der Waals surface area contributed by atoms with Crippen LogP contribution in [0.25, 0.3) is 0 Å². The minimum Gasteiger partial charge on any atom is -0.454 e. The molecule has 2 aliphatic heterocycles. The SMILES string of the molecule is C[C@@H](NC(=O)c1ccc2c(c1)OCO2)[C@H](c1cccs1)N1CCOCC1. The minimum absolute atomic E-state index is 0.0373. The summed E-state index contributed by atoms with van der Waals surface area (Å²) in [5.74, 6) is 1.19. The number of benzene rings is 1. The molecule has 1 amide bonds. The van der Waals surface area contributed by atoms with Crippen LogP contribution in [0.4, 0.5) is 0 Å². The van der Waals surface area contributed by atoms with Gasteiger partial charge in [0.15, 0.2) is 11.5 Å². The summed E-state index contributed by atoms with van der Waals surface area (Å²) >= 11 is 1.72. The van der Waals surface area contributed by atoms with Crippen LogP contribution in [0.3, 0.4) is 0 Å². The maximum atomic E-state index is 12.8. The van der Waals surface area contributed by atoms with E-state index in [0.29, 0.717) is 17.1 Å². The van der Waals surface area contributed by atoms with Crippen LogP contribution in [-0.2, 0) is 4.74 Å². The molecule has 0 radical (unpaired) electrons. The lowest BCUT2D eigenvalue weighted by molar-refractivity contribution is 0.00969. The Morgan fingerprint density at radius 3 is 2.77 bits per heavy atom. The fourth-order valence-corrected chi connectivity index (χ4v) is 4.43. The molecule has 1 aromatic heterocycles. The molecule has 138 valence electrons. The van der Waals surface area contributed by atoms with Crippen LogP contribution in [0, 0.1) is 0 Å². The monoisotopic (exact) mass is 374 g/mol. The highest BCUT2D eigenvalue weighted by Crippen LogP contribution is 2.33. The Balaban J connectivity index is 1.50. The van der Waals surface area contributed by atoms with E-state index < -0.39 is 0 Å². The largest absolute Gasteiger partial charge is 0.454 e. The second-order valence-corrected chi connectivity index (χ2v) is 7.42. The van der Waals surface area contributed by atoms with Gasteiger partial charge in [0.2, 0.25) is 6.79 Å². The van der Waals surface area contributed by atoms with Gasteiger partial charge < -0.3 is 19.5 Å². The van der Waals surface area contributed by atoms with Crippen molar-refractivity contribution in [3.8, 4) is 11.5 Å². The maximum absolute atomic E-state index is 12.8. The van der Waals surface area contributed by atoms with Crippen LogP contribution in [-0.4, -0.2) is 49.9 Å². The number of fused-ring (bicyclic) bond motifs is 1. The van der Waals surface area contributed by atoms with Gasteiger partial charge in [-0.05, 0) is 36.6 Å². The van der Waals surface area contributed by atoms with Crippen LogP contribution in [0.1, 0.15) is 28.2 Å². The van der Waals surface area contributed by atoms with Gasteiger partial charge in [0, 0.05) is 29.6 Å². The van der Waals surface area contributed by atoms with E-state index in [1.54, 1.807) is 29.5 Å². The highest BCUT2D eigenvalue weighted by molar-refractivity contribution is 7.10. The van der Waals surface area contributed by atoms with Gasteiger partial charge in [0.1, 0.15) is 0 Å². The normalized spacial score (nSPS) is 19.1. The molecule has 0 saturated carbocycles. The number of rotatable bonds is 5. The van der Waals surface area contributed by atoms with E-state index in [-0.39, 0.29) is 24.8 Å². The standard InChI is InChI=1S/C19H22N2O4S/c1-13(18(17-3-2-10-26-17)21-6-8-23-9-7-21)20-19(22)14-4-5-15-16(11-14)25-12-24-15/h2-5,10-11,13,18H,6-9,12H2,1H3,(H,20,22)/t13-,18-/m1/s1. The maximum Gasteiger partial charge on any atom is 0.251 e. The van der Waals surface area contributed by atoms with Crippen LogP contribution in [0.5, 0.6) is 11.5 Å². The summed E-state index contributed by atoms with van der Waals surface area (Å²) in [4.78, 5) is 16.4. The van der Waals surface area contributed by atoms with E-state index in [9.17, 15) is 4.79 Å². The lowest BCUT2D eigenvalue weighted by atomic mass is 10.0. The number of carbonyl (C=O) groups excluding carboxylic acids is 1. The van der Waals surface area contributed by atoms with E-state index in [4.69, 9.17) is 14.2 Å². The molecule has 26 heavy (non-hydrogen) atoms. The van der Waals surface area contributed by atoms with E-state index in [1.807, 2.05) is 0 Å². The lowest BCUT2D eigenvalue weighted by Gasteiger charge is -2.37. The summed E-state index contributed by atoms with van der Waals surface area (Å²) in [5, 5.41) is 5.24. The molecule has 0 aliphatic carbocycles. The van der Waals surface area contributed by atoms with Gasteiger partial charge in [0.05, 0.1) is 19.3 Å². The zero-order valence-corrected chi connectivity index (χ0v) is 15.5. The molecule has 2 atom stereocenters. The summed E-state index contributed by atoms with van der Waals surface area (Å²) in [6.45, 7) is 5.45. The Hall–Kier alpha value is -2.09. The third kappa shape index (κ3) is 3.56. The fraction of sp³-hybridized carbons (Fsp3) is 0.421. The molecule has 1 saturated heterocycles. The van der Waals surface area contributed by atoms with Crippen molar-refractivity contribution >= 4 is 17.2 Å². The molecule has 0 bridgehead atoms. The quantitative estimate of drug-likeness (QED) is 0.872. The number of ether oxygens (including phenoxy) is 3. The molecule has 3 heterocycles. The Morgan fingerprint density at radius 1 is 1.19 bits per heavy atom. The molecule has 0 spiro atoms. The predicted octanol–water partition coefficient (Wildman–Crippen LogP) is 2.67. The topological polar surface area (TPSA) is 60.0 Å². The molecule has 1 N–H and O–H groups in total. The fourth-order valence-electron chi connectivity index (χ4n) is 3.46.